The molecule has 0 aliphatic carbocycles. The van der Waals surface area contributed by atoms with Gasteiger partial charge in [-0.05, 0) is 52.6 Å². The Morgan fingerprint density at radius 2 is 0.580 bits per heavy atom. The van der Waals surface area contributed by atoms with E-state index in [1.54, 1.807) is 0 Å². The molecule has 0 fully saturated rings. The predicted molar refractivity (Wildman–Crippen MR) is 224 cm³/mol. The van der Waals surface area contributed by atoms with Crippen LogP contribution in [0.2, 0.25) is 0 Å². The Bertz CT molecular complexity index is 696. The lowest BCUT2D eigenvalue weighted by atomic mass is 10.1. The van der Waals surface area contributed by atoms with Crippen LogP contribution in [0.4, 0.5) is 0 Å². The van der Waals surface area contributed by atoms with Crippen LogP contribution in [0.5, 0.6) is 0 Å². The van der Waals surface area contributed by atoms with Gasteiger partial charge in [0, 0.05) is 51.0 Å². The van der Waals surface area contributed by atoms with E-state index in [0.717, 1.165) is 76.3 Å². The average molecular weight is 749 g/mol. The maximum Gasteiger partial charge on any atom is 0.150 e. The SMILES string of the molecule is CCCCCCCCP(=O)(CCCCCCCC)N(C)CCCOCCOCCCN(C)P(=O)(CCCCCCCC)CCCCCCCC. The van der Waals surface area contributed by atoms with Crippen LogP contribution < -0.4 is 0 Å². The molecule has 302 valence electrons. The molecule has 6 nitrogen and oxygen atoms in total. The molecule has 8 heteroatoms. The summed E-state index contributed by atoms with van der Waals surface area (Å²) in [7, 11) is -0.440. The summed E-state index contributed by atoms with van der Waals surface area (Å²) in [5, 5.41) is 0. The first-order valence-electron chi connectivity index (χ1n) is 22.0. The molecule has 0 saturated heterocycles. The third kappa shape index (κ3) is 28.8. The lowest BCUT2D eigenvalue weighted by Crippen LogP contribution is -2.22. The van der Waals surface area contributed by atoms with E-state index in [1.165, 1.54) is 128 Å². The molecule has 0 aromatic rings. The Hall–Kier alpha value is 0.300. The van der Waals surface area contributed by atoms with E-state index in [9.17, 15) is 9.13 Å². The third-order valence-corrected chi connectivity index (χ3v) is 17.6. The van der Waals surface area contributed by atoms with Gasteiger partial charge >= 0.3 is 0 Å². The smallest absolute Gasteiger partial charge is 0.150 e. The summed E-state index contributed by atoms with van der Waals surface area (Å²) in [5.41, 5.74) is 0. The zero-order valence-corrected chi connectivity index (χ0v) is 36.7. The van der Waals surface area contributed by atoms with Crippen LogP contribution >= 0.6 is 14.6 Å². The highest BCUT2D eigenvalue weighted by atomic mass is 31.2. The summed E-state index contributed by atoms with van der Waals surface area (Å²) in [4.78, 5) is 0. The fourth-order valence-electron chi connectivity index (χ4n) is 6.94. The molecule has 0 heterocycles. The Labute approximate surface area is 314 Å². The number of hydrogen-bond donors (Lipinski definition) is 0. The second-order valence-electron chi connectivity index (χ2n) is 15.4. The molecule has 0 atom stereocenters. The van der Waals surface area contributed by atoms with Crippen molar-refractivity contribution >= 4 is 14.6 Å². The van der Waals surface area contributed by atoms with Gasteiger partial charge in [-0.15, -0.1) is 0 Å². The van der Waals surface area contributed by atoms with Crippen molar-refractivity contribution in [2.45, 2.75) is 195 Å². The van der Waals surface area contributed by atoms with Gasteiger partial charge in [-0.1, -0.05) is 156 Å². The van der Waals surface area contributed by atoms with Gasteiger partial charge in [0.1, 0.15) is 14.6 Å². The topological polar surface area (TPSA) is 59.1 Å². The fraction of sp³-hybridized carbons (Fsp3) is 1.00. The largest absolute Gasteiger partial charge is 0.379 e. The maximum absolute atomic E-state index is 14.1. The van der Waals surface area contributed by atoms with Crippen LogP contribution in [-0.4, -0.2) is 87.6 Å². The number of unbranched alkanes of at least 4 members (excludes halogenated alkanes) is 20. The molecule has 0 unspecified atom stereocenters. The first kappa shape index (κ1) is 50.3. The van der Waals surface area contributed by atoms with Crippen molar-refractivity contribution in [2.75, 3.05) is 78.3 Å². The van der Waals surface area contributed by atoms with Crippen molar-refractivity contribution in [3.8, 4) is 0 Å². The van der Waals surface area contributed by atoms with Crippen molar-refractivity contribution in [1.82, 2.24) is 9.34 Å². The molecule has 0 rings (SSSR count). The van der Waals surface area contributed by atoms with Gasteiger partial charge in [0.25, 0.3) is 0 Å². The lowest BCUT2D eigenvalue weighted by molar-refractivity contribution is 0.0444. The zero-order valence-electron chi connectivity index (χ0n) is 34.9. The average Bonchev–Trinajstić information content (AvgIpc) is 3.11. The van der Waals surface area contributed by atoms with Crippen molar-refractivity contribution < 1.29 is 18.6 Å². The highest BCUT2D eigenvalue weighted by Gasteiger charge is 2.27. The molecule has 0 aliphatic rings. The Kier molecular flexibility index (Phi) is 36.5. The summed E-state index contributed by atoms with van der Waals surface area (Å²) >= 11 is 0. The van der Waals surface area contributed by atoms with Gasteiger partial charge in [-0.25, -0.2) is 0 Å². The van der Waals surface area contributed by atoms with E-state index in [0.29, 0.717) is 26.4 Å². The number of ether oxygens (including phenoxy) is 2. The third-order valence-electron chi connectivity index (χ3n) is 10.6. The molecule has 0 radical (unpaired) electrons. The quantitative estimate of drug-likeness (QED) is 0.0458. The van der Waals surface area contributed by atoms with Crippen LogP contribution in [0, 0.1) is 0 Å². The first-order valence-corrected chi connectivity index (χ1v) is 26.1. The summed E-state index contributed by atoms with van der Waals surface area (Å²) < 4.78 is 44.5. The van der Waals surface area contributed by atoms with E-state index < -0.39 is 14.6 Å². The Morgan fingerprint density at radius 3 is 0.840 bits per heavy atom. The predicted octanol–water partition coefficient (Wildman–Crippen LogP) is 13.7. The molecule has 0 bridgehead atoms. The van der Waals surface area contributed by atoms with Crippen LogP contribution in [-0.2, 0) is 18.6 Å². The highest BCUT2D eigenvalue weighted by Crippen LogP contribution is 2.51. The molecule has 0 N–H and O–H groups in total. The monoisotopic (exact) mass is 749 g/mol. The van der Waals surface area contributed by atoms with E-state index >= 15 is 0 Å². The van der Waals surface area contributed by atoms with Crippen molar-refractivity contribution in [2.24, 2.45) is 0 Å². The molecule has 0 aromatic carbocycles. The number of hydrogen-bond acceptors (Lipinski definition) is 4. The van der Waals surface area contributed by atoms with E-state index in [2.05, 4.69) is 51.1 Å². The van der Waals surface area contributed by atoms with E-state index in [4.69, 9.17) is 9.47 Å². The van der Waals surface area contributed by atoms with Gasteiger partial charge in [0.05, 0.1) is 13.2 Å². The molecule has 0 spiro atoms. The zero-order chi connectivity index (χ0) is 37.0. The fourth-order valence-corrected chi connectivity index (χ4v) is 12.6. The summed E-state index contributed by atoms with van der Waals surface area (Å²) in [6, 6.07) is 0. The molecular formula is C42H90N2O4P2. The molecule has 0 aromatic heterocycles. The van der Waals surface area contributed by atoms with Gasteiger partial charge in [0.2, 0.25) is 0 Å². The van der Waals surface area contributed by atoms with E-state index in [1.807, 2.05) is 0 Å². The standard InChI is InChI=1S/C42H90N2O4P2/c1-7-11-15-19-23-27-39-49(45,40-28-24-20-16-12-8-2)43(5)33-31-35-47-37-38-48-36-32-34-44(6)50(46,41-29-25-21-17-13-9-3)42-30-26-22-18-14-10-4/h7-42H2,1-6H3. The Morgan fingerprint density at radius 1 is 0.340 bits per heavy atom. The number of rotatable bonds is 41. The minimum atomic E-state index is -2.31. The highest BCUT2D eigenvalue weighted by molar-refractivity contribution is 7.61. The molecule has 0 amide bonds. The van der Waals surface area contributed by atoms with Gasteiger partial charge in [-0.2, -0.15) is 0 Å². The first-order chi connectivity index (χ1) is 24.3. The van der Waals surface area contributed by atoms with Gasteiger partial charge < -0.3 is 18.6 Å². The second-order valence-corrected chi connectivity index (χ2v) is 21.9. The van der Waals surface area contributed by atoms with Crippen LogP contribution in [0.25, 0.3) is 0 Å². The van der Waals surface area contributed by atoms with Gasteiger partial charge in [0.15, 0.2) is 0 Å². The maximum atomic E-state index is 14.1. The minimum absolute atomic E-state index is 0.599. The van der Waals surface area contributed by atoms with Crippen LogP contribution in [0.3, 0.4) is 0 Å². The molecule has 0 aliphatic heterocycles. The van der Waals surface area contributed by atoms with Crippen LogP contribution in [0.1, 0.15) is 195 Å². The van der Waals surface area contributed by atoms with Crippen LogP contribution in [0.15, 0.2) is 0 Å². The second kappa shape index (κ2) is 36.3. The normalized spacial score (nSPS) is 12.6. The summed E-state index contributed by atoms with van der Waals surface area (Å²) in [6.45, 7) is 13.3. The van der Waals surface area contributed by atoms with E-state index in [-0.39, 0.29) is 0 Å². The molecular weight excluding hydrogens is 658 g/mol. The molecule has 0 saturated carbocycles. The van der Waals surface area contributed by atoms with Crippen molar-refractivity contribution in [3.63, 3.8) is 0 Å². The summed E-state index contributed by atoms with van der Waals surface area (Å²) in [5.74, 6) is 0. The minimum Gasteiger partial charge on any atom is -0.379 e. The van der Waals surface area contributed by atoms with Crippen molar-refractivity contribution in [1.29, 1.82) is 0 Å². The molecule has 50 heavy (non-hydrogen) atoms. The summed E-state index contributed by atoms with van der Waals surface area (Å²) in [6.07, 6.45) is 35.3. The number of nitrogens with zero attached hydrogens (tertiary/aromatic N) is 2. The van der Waals surface area contributed by atoms with Gasteiger partial charge in [-0.3, -0.25) is 9.34 Å². The Balaban J connectivity index is 4.41. The lowest BCUT2D eigenvalue weighted by Gasteiger charge is -2.29. The van der Waals surface area contributed by atoms with Crippen molar-refractivity contribution in [3.05, 3.63) is 0 Å².